The number of ether oxygens (including phenoxy) is 1. The van der Waals surface area contributed by atoms with Gasteiger partial charge >= 0.3 is 0 Å². The minimum atomic E-state index is -0.221. The molecule has 0 saturated carbocycles. The van der Waals surface area contributed by atoms with E-state index in [4.69, 9.17) is 9.15 Å². The number of carbonyl (C=O) groups is 1. The number of hydrogen-bond donors (Lipinski definition) is 1. The second-order valence-corrected chi connectivity index (χ2v) is 7.21. The van der Waals surface area contributed by atoms with Crippen molar-refractivity contribution in [3.63, 3.8) is 0 Å². The zero-order valence-corrected chi connectivity index (χ0v) is 16.8. The molecular weight excluding hydrogens is 386 g/mol. The highest BCUT2D eigenvalue weighted by Gasteiger charge is 2.11. The van der Waals surface area contributed by atoms with Crippen LogP contribution in [0.3, 0.4) is 0 Å². The van der Waals surface area contributed by atoms with Gasteiger partial charge in [0.2, 0.25) is 5.89 Å². The molecule has 0 aliphatic heterocycles. The lowest BCUT2D eigenvalue weighted by atomic mass is 10.1. The molecule has 6 nitrogen and oxygen atoms in total. The number of benzene rings is 2. The first-order chi connectivity index (χ1) is 14.1. The first kappa shape index (κ1) is 18.9. The van der Waals surface area contributed by atoms with Crippen LogP contribution in [0.5, 0.6) is 5.75 Å². The fourth-order valence-corrected chi connectivity index (χ4v) is 3.27. The van der Waals surface area contributed by atoms with Crippen molar-refractivity contribution in [3.05, 3.63) is 82.1 Å². The molecule has 2 aromatic carbocycles. The number of thiazole rings is 1. The van der Waals surface area contributed by atoms with Gasteiger partial charge in [-0.3, -0.25) is 4.79 Å². The van der Waals surface area contributed by atoms with E-state index in [0.717, 1.165) is 22.7 Å². The SMILES string of the molecule is Cc1nc(-c2cccc(NC(=O)c3cccc(OCc4cscn4)c3)c2)oc1C. The first-order valence-corrected chi connectivity index (χ1v) is 9.98. The van der Waals surface area contributed by atoms with Gasteiger partial charge in [0, 0.05) is 22.2 Å². The standard InChI is InChI=1S/C22H19N3O3S/c1-14-15(2)28-22(24-14)17-6-3-7-18(9-17)25-21(26)16-5-4-8-20(10-16)27-11-19-12-29-13-23-19/h3-10,12-13H,11H2,1-2H3,(H,25,26). The Kier molecular flexibility index (Phi) is 5.39. The van der Waals surface area contributed by atoms with Gasteiger partial charge in [0.25, 0.3) is 5.91 Å². The molecule has 7 heteroatoms. The fraction of sp³-hybridized carbons (Fsp3) is 0.136. The summed E-state index contributed by atoms with van der Waals surface area (Å²) in [5.41, 5.74) is 5.45. The van der Waals surface area contributed by atoms with Crippen LogP contribution in [-0.2, 0) is 6.61 Å². The Morgan fingerprint density at radius 2 is 2.03 bits per heavy atom. The number of hydrogen-bond acceptors (Lipinski definition) is 6. The van der Waals surface area contributed by atoms with Crippen LogP contribution in [0.15, 0.2) is 63.8 Å². The fourth-order valence-electron chi connectivity index (χ4n) is 2.72. The highest BCUT2D eigenvalue weighted by Crippen LogP contribution is 2.24. The molecule has 29 heavy (non-hydrogen) atoms. The summed E-state index contributed by atoms with van der Waals surface area (Å²) in [5, 5.41) is 4.84. The summed E-state index contributed by atoms with van der Waals surface area (Å²) in [6.07, 6.45) is 0. The van der Waals surface area contributed by atoms with Crippen LogP contribution in [0.1, 0.15) is 27.5 Å². The van der Waals surface area contributed by atoms with E-state index < -0.39 is 0 Å². The number of anilines is 1. The maximum absolute atomic E-state index is 12.7. The molecule has 0 atom stereocenters. The smallest absolute Gasteiger partial charge is 0.255 e. The Morgan fingerprint density at radius 1 is 1.17 bits per heavy atom. The number of carbonyl (C=O) groups excluding carboxylic acids is 1. The molecule has 0 fully saturated rings. The molecule has 1 amide bonds. The van der Waals surface area contributed by atoms with Crippen LogP contribution in [0.2, 0.25) is 0 Å². The van der Waals surface area contributed by atoms with E-state index in [2.05, 4.69) is 15.3 Å². The molecule has 0 unspecified atom stereocenters. The third-order valence-electron chi connectivity index (χ3n) is 4.36. The van der Waals surface area contributed by atoms with Crippen LogP contribution in [-0.4, -0.2) is 15.9 Å². The number of oxazole rings is 1. The van der Waals surface area contributed by atoms with Gasteiger partial charge < -0.3 is 14.5 Å². The van der Waals surface area contributed by atoms with E-state index in [9.17, 15) is 4.79 Å². The maximum atomic E-state index is 12.7. The molecule has 2 aromatic heterocycles. The van der Waals surface area contributed by atoms with Crippen molar-refractivity contribution < 1.29 is 13.9 Å². The van der Waals surface area contributed by atoms with Gasteiger partial charge in [0.05, 0.1) is 16.9 Å². The zero-order chi connectivity index (χ0) is 20.2. The lowest BCUT2D eigenvalue weighted by Crippen LogP contribution is -2.12. The summed E-state index contributed by atoms with van der Waals surface area (Å²) in [6, 6.07) is 14.5. The molecule has 0 aliphatic rings. The minimum Gasteiger partial charge on any atom is -0.487 e. The quantitative estimate of drug-likeness (QED) is 0.474. The highest BCUT2D eigenvalue weighted by molar-refractivity contribution is 7.07. The Morgan fingerprint density at radius 3 is 2.79 bits per heavy atom. The zero-order valence-electron chi connectivity index (χ0n) is 16.0. The Hall–Kier alpha value is -3.45. The number of nitrogens with zero attached hydrogens (tertiary/aromatic N) is 2. The summed E-state index contributed by atoms with van der Waals surface area (Å²) in [5.74, 6) is 1.71. The summed E-state index contributed by atoms with van der Waals surface area (Å²) in [4.78, 5) is 21.3. The third-order valence-corrected chi connectivity index (χ3v) is 5.00. The Bertz CT molecular complexity index is 1120. The first-order valence-electron chi connectivity index (χ1n) is 9.04. The van der Waals surface area contributed by atoms with Gasteiger partial charge in [-0.05, 0) is 50.2 Å². The van der Waals surface area contributed by atoms with Crippen molar-refractivity contribution in [1.82, 2.24) is 9.97 Å². The van der Waals surface area contributed by atoms with Crippen LogP contribution < -0.4 is 10.1 Å². The van der Waals surface area contributed by atoms with Gasteiger partial charge in [0.1, 0.15) is 18.1 Å². The number of amides is 1. The molecular formula is C22H19N3O3S. The molecule has 4 aromatic rings. The Labute approximate surface area is 172 Å². The van der Waals surface area contributed by atoms with Crippen LogP contribution >= 0.6 is 11.3 Å². The molecule has 0 aliphatic carbocycles. The largest absolute Gasteiger partial charge is 0.487 e. The molecule has 0 spiro atoms. The summed E-state index contributed by atoms with van der Waals surface area (Å²) in [6.45, 7) is 4.14. The maximum Gasteiger partial charge on any atom is 0.255 e. The van der Waals surface area contributed by atoms with Crippen molar-refractivity contribution in [2.24, 2.45) is 0 Å². The van der Waals surface area contributed by atoms with Gasteiger partial charge in [-0.1, -0.05) is 12.1 Å². The van der Waals surface area contributed by atoms with Crippen molar-refractivity contribution in [3.8, 4) is 17.2 Å². The van der Waals surface area contributed by atoms with Crippen molar-refractivity contribution in [2.75, 3.05) is 5.32 Å². The number of aromatic nitrogens is 2. The molecule has 1 N–H and O–H groups in total. The highest BCUT2D eigenvalue weighted by atomic mass is 32.1. The van der Waals surface area contributed by atoms with E-state index in [-0.39, 0.29) is 5.91 Å². The molecule has 0 bridgehead atoms. The number of nitrogens with one attached hydrogen (secondary N) is 1. The molecule has 2 heterocycles. The normalized spacial score (nSPS) is 10.7. The van der Waals surface area contributed by atoms with Crippen LogP contribution in [0.25, 0.3) is 11.5 Å². The number of rotatable bonds is 6. The molecule has 4 rings (SSSR count). The van der Waals surface area contributed by atoms with Gasteiger partial charge in [0.15, 0.2) is 0 Å². The van der Waals surface area contributed by atoms with E-state index in [0.29, 0.717) is 29.5 Å². The topological polar surface area (TPSA) is 77.2 Å². The monoisotopic (exact) mass is 405 g/mol. The Balaban J connectivity index is 1.46. The van der Waals surface area contributed by atoms with Crippen molar-refractivity contribution in [2.45, 2.75) is 20.5 Å². The van der Waals surface area contributed by atoms with Crippen LogP contribution in [0, 0.1) is 13.8 Å². The number of aryl methyl sites for hydroxylation is 2. The molecule has 0 radical (unpaired) electrons. The van der Waals surface area contributed by atoms with Crippen LogP contribution in [0.4, 0.5) is 5.69 Å². The second kappa shape index (κ2) is 8.28. The lowest BCUT2D eigenvalue weighted by molar-refractivity contribution is 0.102. The summed E-state index contributed by atoms with van der Waals surface area (Å²) >= 11 is 1.52. The second-order valence-electron chi connectivity index (χ2n) is 6.49. The molecule has 0 saturated heterocycles. The predicted octanol–water partition coefficient (Wildman–Crippen LogP) is 5.25. The molecule has 146 valence electrons. The lowest BCUT2D eigenvalue weighted by Gasteiger charge is -2.09. The van der Waals surface area contributed by atoms with Crippen molar-refractivity contribution in [1.29, 1.82) is 0 Å². The average Bonchev–Trinajstić information content (AvgIpc) is 3.37. The van der Waals surface area contributed by atoms with Gasteiger partial charge in [-0.2, -0.15) is 0 Å². The predicted molar refractivity (Wildman–Crippen MR) is 112 cm³/mol. The summed E-state index contributed by atoms with van der Waals surface area (Å²) in [7, 11) is 0. The van der Waals surface area contributed by atoms with Gasteiger partial charge in [-0.15, -0.1) is 11.3 Å². The summed E-state index contributed by atoms with van der Waals surface area (Å²) < 4.78 is 11.4. The van der Waals surface area contributed by atoms with E-state index in [1.807, 2.05) is 49.6 Å². The van der Waals surface area contributed by atoms with E-state index in [1.54, 1.807) is 23.7 Å². The van der Waals surface area contributed by atoms with Crippen molar-refractivity contribution >= 4 is 22.9 Å². The average molecular weight is 405 g/mol. The van der Waals surface area contributed by atoms with Gasteiger partial charge in [-0.25, -0.2) is 9.97 Å². The van der Waals surface area contributed by atoms with E-state index in [1.165, 1.54) is 11.3 Å². The third kappa shape index (κ3) is 4.52. The minimum absolute atomic E-state index is 0.221. The van der Waals surface area contributed by atoms with E-state index >= 15 is 0 Å².